The first-order chi connectivity index (χ1) is 18.8. The number of ether oxygens (including phenoxy) is 1. The fourth-order valence-corrected chi connectivity index (χ4v) is 6.59. The molecule has 0 saturated heterocycles. The predicted molar refractivity (Wildman–Crippen MR) is 163 cm³/mol. The number of aliphatic hydroxyl groups is 1. The minimum atomic E-state index is -0.818. The van der Waals surface area contributed by atoms with Gasteiger partial charge >= 0.3 is 0 Å². The minimum Gasteiger partial charge on any atom is -0.459 e. The van der Waals surface area contributed by atoms with Crippen LogP contribution in [0.3, 0.4) is 0 Å². The van der Waals surface area contributed by atoms with Crippen LogP contribution in [0.2, 0.25) is 0 Å². The maximum absolute atomic E-state index is 10.4. The maximum atomic E-state index is 10.4. The highest BCUT2D eigenvalue weighted by Crippen LogP contribution is 2.56. The van der Waals surface area contributed by atoms with Gasteiger partial charge in [0.05, 0.1) is 18.2 Å². The lowest BCUT2D eigenvalue weighted by atomic mass is 9.75. The number of benzene rings is 3. The molecule has 1 spiro atoms. The number of fused-ring (bicyclic) bond motifs is 4. The summed E-state index contributed by atoms with van der Waals surface area (Å²) in [7, 11) is 0. The molecule has 0 aliphatic carbocycles. The van der Waals surface area contributed by atoms with Crippen molar-refractivity contribution in [3.05, 3.63) is 65.2 Å². The quantitative estimate of drug-likeness (QED) is 0.344. The molecule has 208 valence electrons. The average molecular weight is 529 g/mol. The summed E-state index contributed by atoms with van der Waals surface area (Å²) in [5.41, 5.74) is 4.03. The second-order valence-corrected chi connectivity index (χ2v) is 11.2. The van der Waals surface area contributed by atoms with Crippen LogP contribution >= 0.6 is 0 Å². The van der Waals surface area contributed by atoms with Crippen LogP contribution < -0.4 is 9.64 Å². The molecule has 3 aromatic rings. The van der Waals surface area contributed by atoms with Gasteiger partial charge in [-0.1, -0.05) is 64.1 Å². The standard InChI is InChI=1S/C33H44N4O2/c1-7-35(8-2)18-19-37-28-17-13-15-25(22-38)29(28)32(5,6)33(37)23-34-30-27-16-12-11-14-24(27)20-26(31(30)39-33)21-36(9-3)10-4/h11-17,20,23,38H,7-10,18-19,21-22H2,1-6H3. The van der Waals surface area contributed by atoms with Crippen LogP contribution in [0.15, 0.2) is 53.5 Å². The molecule has 3 aromatic carbocycles. The minimum absolute atomic E-state index is 0.00184. The topological polar surface area (TPSA) is 51.5 Å². The second kappa shape index (κ2) is 10.9. The Labute approximate surface area is 233 Å². The molecule has 0 bridgehead atoms. The molecule has 2 aliphatic rings. The summed E-state index contributed by atoms with van der Waals surface area (Å²) in [5.74, 6) is 0.877. The average Bonchev–Trinajstić information content (AvgIpc) is 3.14. The van der Waals surface area contributed by atoms with Crippen LogP contribution in [0.1, 0.15) is 58.2 Å². The number of anilines is 1. The van der Waals surface area contributed by atoms with Gasteiger partial charge in [-0.2, -0.15) is 0 Å². The molecule has 0 saturated carbocycles. The van der Waals surface area contributed by atoms with Gasteiger partial charge in [0, 0.05) is 36.3 Å². The summed E-state index contributed by atoms with van der Waals surface area (Å²) in [5, 5.41) is 12.7. The summed E-state index contributed by atoms with van der Waals surface area (Å²) < 4.78 is 7.37. The van der Waals surface area contributed by atoms with E-state index in [2.05, 4.69) is 98.7 Å². The highest BCUT2D eigenvalue weighted by atomic mass is 16.5. The lowest BCUT2D eigenvalue weighted by Gasteiger charge is -2.47. The van der Waals surface area contributed by atoms with Gasteiger partial charge in [0.2, 0.25) is 5.72 Å². The number of likely N-dealkylation sites (N-methyl/N-ethyl adjacent to an activating group) is 1. The summed E-state index contributed by atoms with van der Waals surface area (Å²) in [6.07, 6.45) is 2.05. The Bertz CT molecular complexity index is 1360. The third-order valence-corrected chi connectivity index (χ3v) is 9.01. The Balaban J connectivity index is 1.70. The Morgan fingerprint density at radius 3 is 2.31 bits per heavy atom. The highest BCUT2D eigenvalue weighted by Gasteiger charge is 2.60. The molecular formula is C33H44N4O2. The molecule has 0 amide bonds. The molecule has 1 atom stereocenters. The normalized spacial score (nSPS) is 19.3. The van der Waals surface area contributed by atoms with Crippen molar-refractivity contribution in [3.8, 4) is 5.75 Å². The Morgan fingerprint density at radius 2 is 1.62 bits per heavy atom. The maximum Gasteiger partial charge on any atom is 0.228 e. The highest BCUT2D eigenvalue weighted by molar-refractivity contribution is 6.01. The number of nitrogens with zero attached hydrogens (tertiary/aromatic N) is 4. The zero-order valence-electron chi connectivity index (χ0n) is 24.5. The van der Waals surface area contributed by atoms with Crippen molar-refractivity contribution in [2.24, 2.45) is 4.99 Å². The smallest absolute Gasteiger partial charge is 0.228 e. The van der Waals surface area contributed by atoms with E-state index >= 15 is 0 Å². The van der Waals surface area contributed by atoms with Gasteiger partial charge in [-0.05, 0) is 68.7 Å². The lowest BCUT2D eigenvalue weighted by molar-refractivity contribution is 0.0730. The van der Waals surface area contributed by atoms with Crippen molar-refractivity contribution in [1.82, 2.24) is 9.80 Å². The summed E-state index contributed by atoms with van der Waals surface area (Å²) >= 11 is 0. The summed E-state index contributed by atoms with van der Waals surface area (Å²) in [6.45, 7) is 19.8. The van der Waals surface area contributed by atoms with Gasteiger partial charge in [-0.25, -0.2) is 0 Å². The molecule has 39 heavy (non-hydrogen) atoms. The first-order valence-electron chi connectivity index (χ1n) is 14.6. The van der Waals surface area contributed by atoms with Crippen molar-refractivity contribution in [2.45, 2.75) is 65.8 Å². The number of aliphatic hydroxyl groups excluding tert-OH is 1. The Hall–Kier alpha value is -2.93. The summed E-state index contributed by atoms with van der Waals surface area (Å²) in [6, 6.07) is 17.0. The van der Waals surface area contributed by atoms with Gasteiger partial charge in [-0.15, -0.1) is 0 Å². The van der Waals surface area contributed by atoms with Gasteiger partial charge in [0.1, 0.15) is 5.69 Å². The molecule has 5 rings (SSSR count). The zero-order valence-corrected chi connectivity index (χ0v) is 24.5. The van der Waals surface area contributed by atoms with Crippen molar-refractivity contribution in [1.29, 1.82) is 0 Å². The molecule has 1 unspecified atom stereocenters. The van der Waals surface area contributed by atoms with E-state index in [0.29, 0.717) is 0 Å². The molecule has 2 heterocycles. The molecule has 2 aliphatic heterocycles. The molecule has 0 aromatic heterocycles. The number of hydrogen-bond donors (Lipinski definition) is 1. The van der Waals surface area contributed by atoms with Crippen LogP contribution in [-0.2, 0) is 18.6 Å². The van der Waals surface area contributed by atoms with Gasteiger partial charge in [0.25, 0.3) is 0 Å². The number of aliphatic imine (C=N–C) groups is 1. The molecular weight excluding hydrogens is 484 g/mol. The largest absolute Gasteiger partial charge is 0.459 e. The molecule has 6 nitrogen and oxygen atoms in total. The fraction of sp³-hybridized carbons (Fsp3) is 0.485. The van der Waals surface area contributed by atoms with Crippen molar-refractivity contribution < 1.29 is 9.84 Å². The zero-order chi connectivity index (χ0) is 27.8. The van der Waals surface area contributed by atoms with E-state index in [9.17, 15) is 5.11 Å². The van der Waals surface area contributed by atoms with Gasteiger partial charge < -0.3 is 19.6 Å². The number of rotatable bonds is 10. The van der Waals surface area contributed by atoms with Crippen molar-refractivity contribution >= 4 is 28.4 Å². The van der Waals surface area contributed by atoms with E-state index in [0.717, 1.165) is 79.5 Å². The van der Waals surface area contributed by atoms with Crippen LogP contribution in [-0.4, -0.2) is 66.1 Å². The number of hydrogen-bond acceptors (Lipinski definition) is 6. The lowest BCUT2D eigenvalue weighted by Crippen LogP contribution is -2.63. The van der Waals surface area contributed by atoms with Gasteiger partial charge in [-0.3, -0.25) is 9.89 Å². The van der Waals surface area contributed by atoms with Crippen molar-refractivity contribution in [3.63, 3.8) is 0 Å². The van der Waals surface area contributed by atoms with E-state index in [4.69, 9.17) is 9.73 Å². The van der Waals surface area contributed by atoms with Crippen molar-refractivity contribution in [2.75, 3.05) is 44.2 Å². The van der Waals surface area contributed by atoms with E-state index in [1.54, 1.807) is 0 Å². The monoisotopic (exact) mass is 528 g/mol. The van der Waals surface area contributed by atoms with Gasteiger partial charge in [0.15, 0.2) is 5.75 Å². The van der Waals surface area contributed by atoms with E-state index in [1.165, 1.54) is 10.9 Å². The van der Waals surface area contributed by atoms with Crippen LogP contribution in [0.5, 0.6) is 5.75 Å². The summed E-state index contributed by atoms with van der Waals surface area (Å²) in [4.78, 5) is 12.5. The molecule has 6 heteroatoms. The predicted octanol–water partition coefficient (Wildman–Crippen LogP) is 6.10. The van der Waals surface area contributed by atoms with Crippen LogP contribution in [0.25, 0.3) is 10.8 Å². The fourth-order valence-electron chi connectivity index (χ4n) is 6.59. The second-order valence-electron chi connectivity index (χ2n) is 11.2. The van der Waals surface area contributed by atoms with E-state index in [-0.39, 0.29) is 6.61 Å². The Morgan fingerprint density at radius 1 is 0.897 bits per heavy atom. The first-order valence-corrected chi connectivity index (χ1v) is 14.6. The molecule has 0 fully saturated rings. The third-order valence-electron chi connectivity index (χ3n) is 9.01. The van der Waals surface area contributed by atoms with Crippen LogP contribution in [0, 0.1) is 0 Å². The van der Waals surface area contributed by atoms with E-state index in [1.807, 2.05) is 12.3 Å². The Kier molecular flexibility index (Phi) is 7.73. The first kappa shape index (κ1) is 27.6. The SMILES string of the molecule is CCN(CC)CCN1c2cccc(CO)c2C(C)(C)C12C=Nc1c(c(CN(CC)CC)cc3ccccc13)O2. The molecule has 0 radical (unpaired) electrons. The molecule has 1 N–H and O–H groups in total. The van der Waals surface area contributed by atoms with Crippen LogP contribution in [0.4, 0.5) is 11.4 Å². The third kappa shape index (κ3) is 4.43. The van der Waals surface area contributed by atoms with E-state index < -0.39 is 11.1 Å².